The standard InChI is InChI=1S/C27H29N11O4/c1-4-19-22(34-7-9-35(10-8-34)25(41)21-23(40)16(3)29-14-30-21)26(42)38-27(36(19)13-20(28)39)31-24(33-38)17-5-6-37-18(12-17)11-15(2)32-37/h5-6,11-12,14,40H,4,7-10,13H2,1-3H3,(H2,28,39). The topological polar surface area (TPSA) is 182 Å². The van der Waals surface area contributed by atoms with Gasteiger partial charge >= 0.3 is 0 Å². The Labute approximate surface area is 238 Å². The molecule has 42 heavy (non-hydrogen) atoms. The number of carbonyl (C=O) groups excluding carboxylic acids is 2. The highest BCUT2D eigenvalue weighted by Gasteiger charge is 2.30. The molecule has 5 aromatic heterocycles. The van der Waals surface area contributed by atoms with Gasteiger partial charge in [0.2, 0.25) is 11.7 Å². The molecule has 5 aromatic rings. The van der Waals surface area contributed by atoms with Gasteiger partial charge in [-0.25, -0.2) is 14.5 Å². The summed E-state index contributed by atoms with van der Waals surface area (Å²) in [5.41, 5.74) is 8.86. The summed E-state index contributed by atoms with van der Waals surface area (Å²) in [5.74, 6) is -0.718. The molecule has 2 amide bonds. The normalized spacial score (nSPS) is 13.8. The van der Waals surface area contributed by atoms with Crippen LogP contribution in [0.3, 0.4) is 0 Å². The van der Waals surface area contributed by atoms with Crippen molar-refractivity contribution in [1.82, 2.24) is 43.6 Å². The lowest BCUT2D eigenvalue weighted by Crippen LogP contribution is -2.51. The minimum Gasteiger partial charge on any atom is -0.504 e. The quantitative estimate of drug-likeness (QED) is 0.288. The highest BCUT2D eigenvalue weighted by molar-refractivity contribution is 5.95. The fourth-order valence-electron chi connectivity index (χ4n) is 5.38. The van der Waals surface area contributed by atoms with E-state index in [1.165, 1.54) is 10.8 Å². The molecule has 0 atom stereocenters. The van der Waals surface area contributed by atoms with Crippen LogP contribution in [0.25, 0.3) is 22.7 Å². The number of nitrogens with two attached hydrogens (primary N) is 1. The van der Waals surface area contributed by atoms with Gasteiger partial charge in [0, 0.05) is 37.9 Å². The summed E-state index contributed by atoms with van der Waals surface area (Å²) in [6.07, 6.45) is 3.46. The van der Waals surface area contributed by atoms with Gasteiger partial charge < -0.3 is 25.2 Å². The van der Waals surface area contributed by atoms with E-state index in [1.807, 2.05) is 36.9 Å². The first-order valence-electron chi connectivity index (χ1n) is 13.5. The SMILES string of the molecule is CCc1c(N2CCN(C(=O)c3ncnc(C)c3O)CC2)c(=O)n2nc(-c3ccn4nc(C)cc4c3)nc2n1CC(N)=O. The number of hydrogen-bond acceptors (Lipinski definition) is 10. The number of carbonyl (C=O) groups is 2. The number of piperazine rings is 1. The third kappa shape index (κ3) is 4.48. The fourth-order valence-corrected chi connectivity index (χ4v) is 5.38. The van der Waals surface area contributed by atoms with E-state index < -0.39 is 11.8 Å². The molecule has 1 aliphatic heterocycles. The summed E-state index contributed by atoms with van der Waals surface area (Å²) in [6, 6.07) is 5.62. The summed E-state index contributed by atoms with van der Waals surface area (Å²) in [4.78, 5) is 55.2. The second-order valence-corrected chi connectivity index (χ2v) is 10.2. The second kappa shape index (κ2) is 10.2. The zero-order valence-electron chi connectivity index (χ0n) is 23.4. The summed E-state index contributed by atoms with van der Waals surface area (Å²) in [5, 5.41) is 19.2. The van der Waals surface area contributed by atoms with Crippen molar-refractivity contribution < 1.29 is 14.7 Å². The van der Waals surface area contributed by atoms with Crippen LogP contribution in [0.5, 0.6) is 5.75 Å². The Morgan fingerprint density at radius 1 is 1.07 bits per heavy atom. The zero-order valence-corrected chi connectivity index (χ0v) is 23.4. The summed E-state index contributed by atoms with van der Waals surface area (Å²) in [6.45, 7) is 6.42. The van der Waals surface area contributed by atoms with Crippen LogP contribution < -0.4 is 16.2 Å². The van der Waals surface area contributed by atoms with Crippen molar-refractivity contribution in [2.24, 2.45) is 5.73 Å². The van der Waals surface area contributed by atoms with Crippen LogP contribution >= 0.6 is 0 Å². The monoisotopic (exact) mass is 571 g/mol. The highest BCUT2D eigenvalue weighted by Crippen LogP contribution is 2.25. The molecule has 15 nitrogen and oxygen atoms in total. The second-order valence-electron chi connectivity index (χ2n) is 10.2. The van der Waals surface area contributed by atoms with E-state index in [9.17, 15) is 19.5 Å². The number of primary amides is 1. The van der Waals surface area contributed by atoms with Crippen molar-refractivity contribution in [2.45, 2.75) is 33.7 Å². The highest BCUT2D eigenvalue weighted by atomic mass is 16.3. The molecule has 1 saturated heterocycles. The first kappa shape index (κ1) is 26.9. The fraction of sp³-hybridized carbons (Fsp3) is 0.333. The largest absolute Gasteiger partial charge is 0.504 e. The number of hydrogen-bond donors (Lipinski definition) is 2. The molecule has 1 aliphatic rings. The van der Waals surface area contributed by atoms with E-state index in [2.05, 4.69) is 25.1 Å². The Balaban J connectivity index is 1.39. The maximum atomic E-state index is 14.0. The minimum absolute atomic E-state index is 0.0603. The summed E-state index contributed by atoms with van der Waals surface area (Å²) < 4.78 is 4.58. The molecule has 0 spiro atoms. The molecule has 3 N–H and O–H groups in total. The Bertz CT molecular complexity index is 1930. The van der Waals surface area contributed by atoms with E-state index in [0.717, 1.165) is 11.2 Å². The van der Waals surface area contributed by atoms with Crippen molar-refractivity contribution in [3.05, 3.63) is 63.9 Å². The number of nitrogens with zero attached hydrogens (tertiary/aromatic N) is 10. The number of fused-ring (bicyclic) bond motifs is 2. The molecular weight excluding hydrogens is 542 g/mol. The number of aromatic nitrogens is 8. The molecule has 0 unspecified atom stereocenters. The van der Waals surface area contributed by atoms with Crippen LogP contribution in [-0.2, 0) is 17.8 Å². The van der Waals surface area contributed by atoms with Crippen molar-refractivity contribution in [3.8, 4) is 17.1 Å². The van der Waals surface area contributed by atoms with E-state index in [4.69, 9.17) is 5.73 Å². The number of anilines is 1. The zero-order chi connectivity index (χ0) is 29.7. The van der Waals surface area contributed by atoms with Crippen molar-refractivity contribution in [3.63, 3.8) is 0 Å². The smallest absolute Gasteiger partial charge is 0.299 e. The van der Waals surface area contributed by atoms with Crippen molar-refractivity contribution in [2.75, 3.05) is 31.1 Å². The van der Waals surface area contributed by atoms with Gasteiger partial charge in [-0.3, -0.25) is 14.4 Å². The van der Waals surface area contributed by atoms with Gasteiger partial charge in [0.1, 0.15) is 18.6 Å². The average molecular weight is 572 g/mol. The first-order valence-corrected chi connectivity index (χ1v) is 13.5. The lowest BCUT2D eigenvalue weighted by molar-refractivity contribution is -0.118. The number of pyridine rings is 1. The Morgan fingerprint density at radius 3 is 2.55 bits per heavy atom. The third-order valence-corrected chi connectivity index (χ3v) is 7.41. The molecule has 0 saturated carbocycles. The Kier molecular flexibility index (Phi) is 6.55. The van der Waals surface area contributed by atoms with E-state index in [1.54, 1.807) is 27.1 Å². The van der Waals surface area contributed by atoms with Crippen LogP contribution in [0.4, 0.5) is 5.69 Å². The van der Waals surface area contributed by atoms with Crippen molar-refractivity contribution in [1.29, 1.82) is 0 Å². The molecule has 0 bridgehead atoms. The molecule has 0 radical (unpaired) electrons. The summed E-state index contributed by atoms with van der Waals surface area (Å²) in [7, 11) is 0. The van der Waals surface area contributed by atoms with Gasteiger partial charge in [-0.05, 0) is 38.5 Å². The number of rotatable bonds is 6. The number of aromatic hydroxyl groups is 1. The maximum absolute atomic E-state index is 14.0. The van der Waals surface area contributed by atoms with Crippen LogP contribution in [-0.4, -0.2) is 86.7 Å². The molecular formula is C27H29N11O4. The molecule has 6 rings (SSSR count). The van der Waals surface area contributed by atoms with Crippen LogP contribution in [0.1, 0.15) is 34.5 Å². The molecule has 1 fully saturated rings. The predicted octanol–water partition coefficient (Wildman–Crippen LogP) is 0.328. The number of aryl methyl sites for hydroxylation is 2. The molecule has 0 aliphatic carbocycles. The van der Waals surface area contributed by atoms with Gasteiger partial charge in [-0.15, -0.1) is 5.10 Å². The molecule has 15 heteroatoms. The van der Waals surface area contributed by atoms with Gasteiger partial charge in [0.15, 0.2) is 17.3 Å². The average Bonchev–Trinajstić information content (AvgIpc) is 3.58. The number of amides is 2. The van der Waals surface area contributed by atoms with Crippen molar-refractivity contribution >= 4 is 28.8 Å². The van der Waals surface area contributed by atoms with Crippen LogP contribution in [0.2, 0.25) is 0 Å². The van der Waals surface area contributed by atoms with E-state index in [-0.39, 0.29) is 42.4 Å². The Hall–Kier alpha value is -5.34. The van der Waals surface area contributed by atoms with E-state index >= 15 is 0 Å². The van der Waals surface area contributed by atoms with Gasteiger partial charge in [-0.1, -0.05) is 6.92 Å². The first-order chi connectivity index (χ1) is 20.2. The Morgan fingerprint density at radius 2 is 1.83 bits per heavy atom. The molecule has 0 aromatic carbocycles. The maximum Gasteiger partial charge on any atom is 0.299 e. The minimum atomic E-state index is -0.586. The molecule has 216 valence electrons. The third-order valence-electron chi connectivity index (χ3n) is 7.41. The van der Waals surface area contributed by atoms with Crippen LogP contribution in [0, 0.1) is 13.8 Å². The predicted molar refractivity (Wildman–Crippen MR) is 151 cm³/mol. The summed E-state index contributed by atoms with van der Waals surface area (Å²) >= 11 is 0. The molecule has 6 heterocycles. The lowest BCUT2D eigenvalue weighted by Gasteiger charge is -2.36. The van der Waals surface area contributed by atoms with Crippen LogP contribution in [0.15, 0.2) is 35.5 Å². The van der Waals surface area contributed by atoms with E-state index in [0.29, 0.717) is 48.0 Å². The lowest BCUT2D eigenvalue weighted by atomic mass is 10.2. The van der Waals surface area contributed by atoms with Gasteiger partial charge in [0.05, 0.1) is 22.6 Å². The van der Waals surface area contributed by atoms with Gasteiger partial charge in [-0.2, -0.15) is 14.6 Å². The van der Waals surface area contributed by atoms with Gasteiger partial charge in [0.25, 0.3) is 11.5 Å².